The van der Waals surface area contributed by atoms with Gasteiger partial charge in [-0.1, -0.05) is 64.8 Å². The first-order valence-electron chi connectivity index (χ1n) is 17.8. The van der Waals surface area contributed by atoms with Crippen LogP contribution in [0.1, 0.15) is 53.5 Å². The number of methoxy groups -OCH3 is 4. The Labute approximate surface area is 322 Å². The largest absolute Gasteiger partial charge is 0.497 e. The molecule has 0 saturated carbocycles. The highest BCUT2D eigenvalue weighted by Gasteiger charge is 2.24. The normalized spacial score (nSPS) is 10.7. The first-order chi connectivity index (χ1) is 26.0. The van der Waals surface area contributed by atoms with E-state index in [9.17, 15) is 0 Å². The Balaban J connectivity index is 1.59. The molecule has 7 nitrogen and oxygen atoms in total. The van der Waals surface area contributed by atoms with Crippen LogP contribution in [0.4, 0.5) is 0 Å². The second-order valence-corrected chi connectivity index (χ2v) is 13.1. The maximum Gasteiger partial charge on any atom is 0.131 e. The standard InChI is InChI=1S/C45H49BrO7/c1-6-7-8-9-10-11-36-26-40(51-29-32-12-18-37(47-2)19-13-32)27-41(50-5)44(36)45-42(52-30-33-14-20-38(48-3)21-15-33)24-35(28-46)25-43(45)53-31-34-16-22-39(49-4)23-17-34/h6,12-27H,1,7-11,28-31H2,2-5H3. The lowest BCUT2D eigenvalue weighted by atomic mass is 9.92. The van der Waals surface area contributed by atoms with Gasteiger partial charge in [0.15, 0.2) is 0 Å². The number of halogens is 1. The van der Waals surface area contributed by atoms with E-state index in [1.54, 1.807) is 28.4 Å². The van der Waals surface area contributed by atoms with Gasteiger partial charge in [-0.05, 0) is 108 Å². The highest BCUT2D eigenvalue weighted by atomic mass is 79.9. The Morgan fingerprint density at radius 3 is 1.42 bits per heavy atom. The summed E-state index contributed by atoms with van der Waals surface area (Å²) in [5.74, 6) is 5.18. The van der Waals surface area contributed by atoms with Crippen LogP contribution in [-0.2, 0) is 31.6 Å². The van der Waals surface area contributed by atoms with Crippen LogP contribution in [0.2, 0.25) is 0 Å². The lowest BCUT2D eigenvalue weighted by Crippen LogP contribution is -2.05. The van der Waals surface area contributed by atoms with Gasteiger partial charge in [0.1, 0.15) is 60.1 Å². The summed E-state index contributed by atoms with van der Waals surface area (Å²) in [7, 11) is 6.69. The third-order valence-corrected chi connectivity index (χ3v) is 9.58. The smallest absolute Gasteiger partial charge is 0.131 e. The Morgan fingerprint density at radius 1 is 0.491 bits per heavy atom. The lowest BCUT2D eigenvalue weighted by Gasteiger charge is -2.23. The summed E-state index contributed by atoms with van der Waals surface area (Å²) >= 11 is 3.69. The van der Waals surface area contributed by atoms with Crippen LogP contribution < -0.4 is 33.2 Å². The van der Waals surface area contributed by atoms with Crippen molar-refractivity contribution in [2.75, 3.05) is 28.4 Å². The molecule has 0 radical (unpaired) electrons. The number of hydrogen-bond donors (Lipinski definition) is 0. The van der Waals surface area contributed by atoms with E-state index in [1.165, 1.54) is 0 Å². The van der Waals surface area contributed by atoms with Crippen molar-refractivity contribution in [1.29, 1.82) is 0 Å². The molecule has 0 atom stereocenters. The lowest BCUT2D eigenvalue weighted by molar-refractivity contribution is 0.291. The van der Waals surface area contributed by atoms with Crippen molar-refractivity contribution in [2.45, 2.75) is 57.3 Å². The average molecular weight is 782 g/mol. The molecule has 0 bridgehead atoms. The Hall–Kier alpha value is -5.08. The highest BCUT2D eigenvalue weighted by Crippen LogP contribution is 2.48. The van der Waals surface area contributed by atoms with Gasteiger partial charge in [0.25, 0.3) is 0 Å². The Morgan fingerprint density at radius 2 is 0.981 bits per heavy atom. The summed E-state index contributed by atoms with van der Waals surface area (Å²) in [5, 5.41) is 0.622. The van der Waals surface area contributed by atoms with Crippen LogP contribution in [-0.4, -0.2) is 28.4 Å². The number of allylic oxidation sites excluding steroid dienone is 1. The minimum absolute atomic E-state index is 0.350. The first kappa shape index (κ1) is 39.1. The Kier molecular flexibility index (Phi) is 14.9. The molecular weight excluding hydrogens is 732 g/mol. The summed E-state index contributed by atoms with van der Waals surface area (Å²) in [6, 6.07) is 32.0. The van der Waals surface area contributed by atoms with Crippen LogP contribution >= 0.6 is 15.9 Å². The monoisotopic (exact) mass is 780 g/mol. The van der Waals surface area contributed by atoms with Crippen molar-refractivity contribution in [3.05, 3.63) is 138 Å². The van der Waals surface area contributed by atoms with Gasteiger partial charge >= 0.3 is 0 Å². The topological polar surface area (TPSA) is 64.6 Å². The van der Waals surface area contributed by atoms with Crippen LogP contribution in [0.25, 0.3) is 11.1 Å². The Bertz CT molecular complexity index is 1810. The molecule has 0 fully saturated rings. The van der Waals surface area contributed by atoms with Gasteiger partial charge in [-0.25, -0.2) is 0 Å². The third kappa shape index (κ3) is 11.0. The molecule has 8 heteroatoms. The predicted molar refractivity (Wildman–Crippen MR) is 215 cm³/mol. The minimum atomic E-state index is 0.350. The number of rotatable bonds is 21. The predicted octanol–water partition coefficient (Wildman–Crippen LogP) is 11.3. The van der Waals surface area contributed by atoms with Gasteiger partial charge < -0.3 is 33.2 Å². The van der Waals surface area contributed by atoms with Crippen LogP contribution in [0.3, 0.4) is 0 Å². The number of benzene rings is 5. The van der Waals surface area contributed by atoms with Crippen LogP contribution in [0.5, 0.6) is 40.2 Å². The molecule has 0 saturated heterocycles. The molecule has 0 aromatic heterocycles. The van der Waals surface area contributed by atoms with Crippen molar-refractivity contribution < 1.29 is 33.2 Å². The van der Waals surface area contributed by atoms with Crippen molar-refractivity contribution in [1.82, 2.24) is 0 Å². The van der Waals surface area contributed by atoms with Gasteiger partial charge in [0.2, 0.25) is 0 Å². The molecule has 0 spiro atoms. The molecule has 0 N–H and O–H groups in total. The fourth-order valence-corrected chi connectivity index (χ4v) is 6.32. The summed E-state index contributed by atoms with van der Waals surface area (Å²) in [6.45, 7) is 5.01. The van der Waals surface area contributed by atoms with Gasteiger partial charge in [0.05, 0.1) is 34.0 Å². The number of alkyl halides is 1. The van der Waals surface area contributed by atoms with Crippen LogP contribution in [0.15, 0.2) is 110 Å². The van der Waals surface area contributed by atoms with E-state index in [-0.39, 0.29) is 0 Å². The fraction of sp³-hybridized carbons (Fsp3) is 0.289. The van der Waals surface area contributed by atoms with E-state index in [1.807, 2.05) is 84.9 Å². The van der Waals surface area contributed by atoms with Crippen molar-refractivity contribution in [2.24, 2.45) is 0 Å². The molecule has 0 aliphatic carbocycles. The van der Waals surface area contributed by atoms with Crippen molar-refractivity contribution >= 4 is 15.9 Å². The van der Waals surface area contributed by atoms with E-state index < -0.39 is 0 Å². The zero-order valence-corrected chi connectivity index (χ0v) is 32.7. The number of unbranched alkanes of at least 4 members (excludes halogenated alkanes) is 3. The number of hydrogen-bond acceptors (Lipinski definition) is 7. The summed E-state index contributed by atoms with van der Waals surface area (Å²) < 4.78 is 42.1. The molecule has 53 heavy (non-hydrogen) atoms. The van der Waals surface area contributed by atoms with E-state index in [0.29, 0.717) is 42.4 Å². The van der Waals surface area contributed by atoms with E-state index >= 15 is 0 Å². The highest BCUT2D eigenvalue weighted by molar-refractivity contribution is 9.08. The van der Waals surface area contributed by atoms with E-state index in [0.717, 1.165) is 94.0 Å². The molecular formula is C45H49BrO7. The zero-order valence-electron chi connectivity index (χ0n) is 31.1. The molecule has 0 heterocycles. The summed E-state index contributed by atoms with van der Waals surface area (Å²) in [6.07, 6.45) is 6.90. The number of ether oxygens (including phenoxy) is 7. The van der Waals surface area contributed by atoms with Gasteiger partial charge in [0, 0.05) is 17.0 Å². The molecule has 0 amide bonds. The molecule has 0 unspecified atom stereocenters. The van der Waals surface area contributed by atoms with Crippen molar-refractivity contribution in [3.8, 4) is 51.4 Å². The quantitative estimate of drug-likeness (QED) is 0.0417. The summed E-state index contributed by atoms with van der Waals surface area (Å²) in [5.41, 5.74) is 6.92. The van der Waals surface area contributed by atoms with Gasteiger partial charge in [-0.15, -0.1) is 6.58 Å². The summed E-state index contributed by atoms with van der Waals surface area (Å²) in [4.78, 5) is 0. The first-order valence-corrected chi connectivity index (χ1v) is 18.9. The number of aryl methyl sites for hydroxylation is 1. The molecule has 0 aliphatic heterocycles. The minimum Gasteiger partial charge on any atom is -0.497 e. The second kappa shape index (κ2) is 20.2. The average Bonchev–Trinajstić information content (AvgIpc) is 3.21. The van der Waals surface area contributed by atoms with E-state index in [2.05, 4.69) is 40.7 Å². The third-order valence-electron chi connectivity index (χ3n) is 8.93. The van der Waals surface area contributed by atoms with E-state index in [4.69, 9.17) is 33.2 Å². The molecule has 5 aromatic carbocycles. The molecule has 278 valence electrons. The molecule has 5 rings (SSSR count). The second-order valence-electron chi connectivity index (χ2n) is 12.6. The van der Waals surface area contributed by atoms with Gasteiger partial charge in [-0.2, -0.15) is 0 Å². The van der Waals surface area contributed by atoms with Crippen molar-refractivity contribution in [3.63, 3.8) is 0 Å². The SMILES string of the molecule is C=CCCCCCc1cc(OCc2ccc(OC)cc2)cc(OC)c1-c1c(OCc2ccc(OC)cc2)cc(CBr)cc1OCc1ccc(OC)cc1. The van der Waals surface area contributed by atoms with Crippen LogP contribution in [0, 0.1) is 0 Å². The maximum absolute atomic E-state index is 6.72. The van der Waals surface area contributed by atoms with Gasteiger partial charge in [-0.3, -0.25) is 0 Å². The molecule has 0 aliphatic rings. The maximum atomic E-state index is 6.72. The fourth-order valence-electron chi connectivity index (χ4n) is 6.00. The molecule has 5 aromatic rings. The zero-order chi connectivity index (χ0) is 37.4.